The predicted octanol–water partition coefficient (Wildman–Crippen LogP) is 3.54. The molecule has 3 aromatic rings. The van der Waals surface area contributed by atoms with Crippen molar-refractivity contribution in [3.8, 4) is 0 Å². The number of hydrogen-bond acceptors (Lipinski definition) is 5. The number of nitrogens with zero attached hydrogens (tertiary/aromatic N) is 4. The second-order valence-corrected chi connectivity index (χ2v) is 8.43. The molecule has 0 unspecified atom stereocenters. The molecule has 1 aromatic carbocycles. The highest BCUT2D eigenvalue weighted by Crippen LogP contribution is 2.28. The number of amides is 1. The van der Waals surface area contributed by atoms with Crippen molar-refractivity contribution in [3.05, 3.63) is 58.9 Å². The molecule has 1 amide bonds. The fourth-order valence-electron chi connectivity index (χ4n) is 4.47. The smallest absolute Gasteiger partial charge is 0.289 e. The van der Waals surface area contributed by atoms with E-state index < -0.39 is 0 Å². The quantitative estimate of drug-likeness (QED) is 0.670. The number of likely N-dealkylation sites (N-methyl/N-ethyl adjacent to an activating group) is 1. The summed E-state index contributed by atoms with van der Waals surface area (Å²) in [6.45, 7) is 5.38. The van der Waals surface area contributed by atoms with E-state index >= 15 is 0 Å². The fourth-order valence-corrected chi connectivity index (χ4v) is 4.47. The zero-order valence-corrected chi connectivity index (χ0v) is 17.0. The van der Waals surface area contributed by atoms with Crippen LogP contribution in [0.1, 0.15) is 52.0 Å². The first-order valence-electron chi connectivity index (χ1n) is 10.4. The van der Waals surface area contributed by atoms with Crippen LogP contribution in [-0.2, 0) is 13.0 Å². The predicted molar refractivity (Wildman–Crippen MR) is 111 cm³/mol. The molecular weight excluding hydrogens is 364 g/mol. The molecule has 6 nitrogen and oxygen atoms in total. The maximum atomic E-state index is 13.1. The van der Waals surface area contributed by atoms with Crippen molar-refractivity contribution in [3.63, 3.8) is 0 Å². The van der Waals surface area contributed by atoms with Crippen LogP contribution in [0.15, 0.2) is 34.9 Å². The lowest BCUT2D eigenvalue weighted by Crippen LogP contribution is -2.39. The largest absolute Gasteiger partial charge is 0.451 e. The van der Waals surface area contributed by atoms with Crippen molar-refractivity contribution in [2.75, 3.05) is 26.7 Å². The first kappa shape index (κ1) is 18.3. The molecule has 1 saturated heterocycles. The second kappa shape index (κ2) is 7.26. The monoisotopic (exact) mass is 390 g/mol. The van der Waals surface area contributed by atoms with E-state index in [1.54, 1.807) is 0 Å². The minimum absolute atomic E-state index is 0.0388. The van der Waals surface area contributed by atoms with Crippen molar-refractivity contribution in [1.29, 1.82) is 0 Å². The SMILES string of the molecule is Cc1ccc2oc(C(=O)N3CCC[C@H](c4ncc5c(n4)CCN(C)C5)C3)cc2c1. The number of aryl methyl sites for hydroxylation is 1. The van der Waals surface area contributed by atoms with Gasteiger partial charge in [0.15, 0.2) is 5.76 Å². The number of aromatic nitrogens is 2. The molecule has 0 bridgehead atoms. The molecule has 0 radical (unpaired) electrons. The van der Waals surface area contributed by atoms with E-state index in [1.165, 1.54) is 11.3 Å². The van der Waals surface area contributed by atoms with Crippen LogP contribution < -0.4 is 0 Å². The molecule has 0 saturated carbocycles. The van der Waals surface area contributed by atoms with Gasteiger partial charge in [0, 0.05) is 61.4 Å². The Balaban J connectivity index is 1.35. The van der Waals surface area contributed by atoms with Gasteiger partial charge in [-0.05, 0) is 45.0 Å². The molecular formula is C23H26N4O2. The van der Waals surface area contributed by atoms with Crippen LogP contribution in [0.5, 0.6) is 0 Å². The van der Waals surface area contributed by atoms with Crippen LogP contribution >= 0.6 is 0 Å². The molecule has 29 heavy (non-hydrogen) atoms. The summed E-state index contributed by atoms with van der Waals surface area (Å²) in [4.78, 5) is 26.8. The van der Waals surface area contributed by atoms with Crippen LogP contribution in [0.25, 0.3) is 11.0 Å². The highest BCUT2D eigenvalue weighted by atomic mass is 16.3. The Labute approximate surface area is 170 Å². The molecule has 5 rings (SSSR count). The molecule has 1 atom stereocenters. The van der Waals surface area contributed by atoms with Gasteiger partial charge in [-0.15, -0.1) is 0 Å². The third-order valence-corrected chi connectivity index (χ3v) is 6.10. The van der Waals surface area contributed by atoms with E-state index in [2.05, 4.69) is 16.9 Å². The Bertz CT molecular complexity index is 1070. The van der Waals surface area contributed by atoms with Crippen LogP contribution in [0.2, 0.25) is 0 Å². The number of piperidine rings is 1. The Hall–Kier alpha value is -2.73. The average Bonchev–Trinajstić information content (AvgIpc) is 3.16. The summed E-state index contributed by atoms with van der Waals surface area (Å²) in [5.74, 6) is 1.44. The first-order valence-corrected chi connectivity index (χ1v) is 10.4. The third kappa shape index (κ3) is 3.53. The fraction of sp³-hybridized carbons (Fsp3) is 0.435. The van der Waals surface area contributed by atoms with Crippen molar-refractivity contribution in [2.45, 2.75) is 38.6 Å². The highest BCUT2D eigenvalue weighted by molar-refractivity contribution is 5.96. The van der Waals surface area contributed by atoms with E-state index in [9.17, 15) is 4.79 Å². The van der Waals surface area contributed by atoms with Gasteiger partial charge < -0.3 is 14.2 Å². The van der Waals surface area contributed by atoms with E-state index in [1.807, 2.05) is 42.3 Å². The van der Waals surface area contributed by atoms with E-state index in [-0.39, 0.29) is 11.8 Å². The number of hydrogen-bond donors (Lipinski definition) is 0. The summed E-state index contributed by atoms with van der Waals surface area (Å²) in [5, 5.41) is 0.977. The topological polar surface area (TPSA) is 62.5 Å². The summed E-state index contributed by atoms with van der Waals surface area (Å²) in [7, 11) is 2.13. The Kier molecular flexibility index (Phi) is 4.59. The van der Waals surface area contributed by atoms with Gasteiger partial charge in [-0.2, -0.15) is 0 Å². The standard InChI is InChI=1S/C23H26N4O2/c1-15-5-6-20-17(10-15)11-21(29-20)23(28)27-8-3-4-16(14-27)22-24-12-18-13-26(2)9-7-19(18)25-22/h5-6,10-12,16H,3-4,7-9,13-14H2,1-2H3/t16-/m0/s1. The van der Waals surface area contributed by atoms with Gasteiger partial charge >= 0.3 is 0 Å². The van der Waals surface area contributed by atoms with Gasteiger partial charge in [0.25, 0.3) is 5.91 Å². The molecule has 2 aliphatic rings. The molecule has 0 N–H and O–H groups in total. The normalized spacial score (nSPS) is 20.1. The average molecular weight is 390 g/mol. The lowest BCUT2D eigenvalue weighted by molar-refractivity contribution is 0.0674. The number of furan rings is 1. The lowest BCUT2D eigenvalue weighted by Gasteiger charge is -2.32. The molecule has 0 spiro atoms. The van der Waals surface area contributed by atoms with Gasteiger partial charge in [-0.25, -0.2) is 9.97 Å². The van der Waals surface area contributed by atoms with Crippen molar-refractivity contribution in [1.82, 2.24) is 19.8 Å². The Morgan fingerprint density at radius 3 is 3.03 bits per heavy atom. The van der Waals surface area contributed by atoms with Crippen molar-refractivity contribution in [2.24, 2.45) is 0 Å². The molecule has 0 aliphatic carbocycles. The summed E-state index contributed by atoms with van der Waals surface area (Å²) >= 11 is 0. The molecule has 4 heterocycles. The summed E-state index contributed by atoms with van der Waals surface area (Å²) in [5.41, 5.74) is 4.31. The van der Waals surface area contributed by atoms with Gasteiger partial charge in [0.1, 0.15) is 11.4 Å². The zero-order valence-electron chi connectivity index (χ0n) is 17.0. The van der Waals surface area contributed by atoms with Gasteiger partial charge in [-0.1, -0.05) is 11.6 Å². The Morgan fingerprint density at radius 1 is 1.24 bits per heavy atom. The molecule has 2 aromatic heterocycles. The maximum Gasteiger partial charge on any atom is 0.289 e. The minimum atomic E-state index is -0.0388. The molecule has 2 aliphatic heterocycles. The number of likely N-dealkylation sites (tertiary alicyclic amines) is 1. The zero-order chi connectivity index (χ0) is 20.0. The first-order chi connectivity index (χ1) is 14.1. The van der Waals surface area contributed by atoms with Crippen molar-refractivity contribution >= 4 is 16.9 Å². The van der Waals surface area contributed by atoms with E-state index in [0.29, 0.717) is 12.3 Å². The highest BCUT2D eigenvalue weighted by Gasteiger charge is 2.29. The van der Waals surface area contributed by atoms with Gasteiger partial charge in [0.2, 0.25) is 0 Å². The van der Waals surface area contributed by atoms with Crippen LogP contribution in [0, 0.1) is 6.92 Å². The van der Waals surface area contributed by atoms with Gasteiger partial charge in [-0.3, -0.25) is 4.79 Å². The summed E-state index contributed by atoms with van der Waals surface area (Å²) in [6.07, 6.45) is 4.92. The van der Waals surface area contributed by atoms with Crippen LogP contribution in [-0.4, -0.2) is 52.4 Å². The number of benzene rings is 1. The summed E-state index contributed by atoms with van der Waals surface area (Å²) in [6, 6.07) is 7.84. The molecule has 6 heteroatoms. The van der Waals surface area contributed by atoms with Crippen molar-refractivity contribution < 1.29 is 9.21 Å². The molecule has 150 valence electrons. The lowest BCUT2D eigenvalue weighted by atomic mass is 9.96. The minimum Gasteiger partial charge on any atom is -0.451 e. The number of carbonyl (C=O) groups excluding carboxylic acids is 1. The number of carbonyl (C=O) groups is 1. The third-order valence-electron chi connectivity index (χ3n) is 6.10. The maximum absolute atomic E-state index is 13.1. The van der Waals surface area contributed by atoms with Crippen LogP contribution in [0.3, 0.4) is 0 Å². The second-order valence-electron chi connectivity index (χ2n) is 8.43. The summed E-state index contributed by atoms with van der Waals surface area (Å²) < 4.78 is 5.84. The molecule has 1 fully saturated rings. The Morgan fingerprint density at radius 2 is 2.14 bits per heavy atom. The van der Waals surface area contributed by atoms with E-state index in [4.69, 9.17) is 9.40 Å². The number of fused-ring (bicyclic) bond motifs is 2. The van der Waals surface area contributed by atoms with Gasteiger partial charge in [0.05, 0.1) is 0 Å². The number of rotatable bonds is 2. The van der Waals surface area contributed by atoms with E-state index in [0.717, 1.165) is 61.3 Å². The van der Waals surface area contributed by atoms with Crippen LogP contribution in [0.4, 0.5) is 0 Å².